The van der Waals surface area contributed by atoms with Crippen LogP contribution in [0.2, 0.25) is 0 Å². The smallest absolute Gasteiger partial charge is 0.235 e. The second-order valence-electron chi connectivity index (χ2n) is 5.07. The first kappa shape index (κ1) is 14.4. The minimum absolute atomic E-state index is 0.114. The van der Waals surface area contributed by atoms with E-state index in [4.69, 9.17) is 9.15 Å². The van der Waals surface area contributed by atoms with Crippen molar-refractivity contribution in [3.63, 3.8) is 0 Å². The fourth-order valence-corrected chi connectivity index (χ4v) is 2.50. The lowest BCUT2D eigenvalue weighted by molar-refractivity contribution is 0.330. The summed E-state index contributed by atoms with van der Waals surface area (Å²) in [7, 11) is 0. The van der Waals surface area contributed by atoms with Gasteiger partial charge in [-0.15, -0.1) is 0 Å². The summed E-state index contributed by atoms with van der Waals surface area (Å²) in [6.07, 6.45) is 0.875. The van der Waals surface area contributed by atoms with Crippen LogP contribution in [-0.4, -0.2) is 6.61 Å². The van der Waals surface area contributed by atoms with Crippen molar-refractivity contribution in [2.45, 2.75) is 20.3 Å². The molecule has 0 aliphatic heterocycles. The Morgan fingerprint density at radius 1 is 1.05 bits per heavy atom. The molecule has 0 radical (unpaired) electrons. The van der Waals surface area contributed by atoms with Crippen molar-refractivity contribution in [3.05, 3.63) is 64.3 Å². The van der Waals surface area contributed by atoms with Gasteiger partial charge in [-0.1, -0.05) is 43.3 Å². The molecule has 0 N–H and O–H groups in total. The minimum Gasteiger partial charge on any atom is -0.487 e. The molecule has 0 atom stereocenters. The molecule has 0 fully saturated rings. The first-order chi connectivity index (χ1) is 10.7. The molecular formula is C19H18O3. The van der Waals surface area contributed by atoms with E-state index < -0.39 is 0 Å². The van der Waals surface area contributed by atoms with E-state index in [2.05, 4.69) is 6.92 Å². The summed E-state index contributed by atoms with van der Waals surface area (Å²) in [5.41, 5.74) is 2.42. The molecule has 0 amide bonds. The molecular weight excluding hydrogens is 276 g/mol. The number of hydrogen-bond donors (Lipinski definition) is 0. The molecule has 3 heteroatoms. The Morgan fingerprint density at radius 2 is 1.82 bits per heavy atom. The van der Waals surface area contributed by atoms with Crippen molar-refractivity contribution in [3.8, 4) is 17.1 Å². The van der Waals surface area contributed by atoms with Gasteiger partial charge < -0.3 is 9.15 Å². The van der Waals surface area contributed by atoms with Gasteiger partial charge in [0.1, 0.15) is 5.58 Å². The SMILES string of the molecule is CCOc1c(-c2ccccc2)oc2ccc(CC)cc2c1=O. The summed E-state index contributed by atoms with van der Waals surface area (Å²) in [5, 5.41) is 0.572. The van der Waals surface area contributed by atoms with Gasteiger partial charge in [0.2, 0.25) is 11.2 Å². The molecule has 3 rings (SSSR count). The molecule has 0 bridgehead atoms. The van der Waals surface area contributed by atoms with Gasteiger partial charge in [0.05, 0.1) is 12.0 Å². The van der Waals surface area contributed by atoms with Crippen molar-refractivity contribution in [1.29, 1.82) is 0 Å². The van der Waals surface area contributed by atoms with Gasteiger partial charge in [-0.25, -0.2) is 0 Å². The minimum atomic E-state index is -0.114. The third-order valence-electron chi connectivity index (χ3n) is 3.65. The van der Waals surface area contributed by atoms with Crippen LogP contribution in [0.1, 0.15) is 19.4 Å². The van der Waals surface area contributed by atoms with Crippen LogP contribution in [-0.2, 0) is 6.42 Å². The molecule has 0 spiro atoms. The van der Waals surface area contributed by atoms with Crippen LogP contribution in [0.4, 0.5) is 0 Å². The fourth-order valence-electron chi connectivity index (χ4n) is 2.50. The molecule has 1 aromatic heterocycles. The Morgan fingerprint density at radius 3 is 2.50 bits per heavy atom. The third-order valence-corrected chi connectivity index (χ3v) is 3.65. The Hall–Kier alpha value is -2.55. The molecule has 0 unspecified atom stereocenters. The number of fused-ring (bicyclic) bond motifs is 1. The van der Waals surface area contributed by atoms with Crippen molar-refractivity contribution >= 4 is 11.0 Å². The van der Waals surface area contributed by atoms with Crippen molar-refractivity contribution in [2.24, 2.45) is 0 Å². The van der Waals surface area contributed by atoms with Gasteiger partial charge in [-0.05, 0) is 31.0 Å². The largest absolute Gasteiger partial charge is 0.487 e. The average Bonchev–Trinajstić information content (AvgIpc) is 2.58. The van der Waals surface area contributed by atoms with Crippen LogP contribution in [0, 0.1) is 0 Å². The standard InChI is InChI=1S/C19H18O3/c1-3-13-10-11-16-15(12-13)17(20)19(21-4-2)18(22-16)14-8-6-5-7-9-14/h5-12H,3-4H2,1-2H3. The van der Waals surface area contributed by atoms with Gasteiger partial charge in [-0.3, -0.25) is 4.79 Å². The number of aryl methyl sites for hydroxylation is 1. The second-order valence-corrected chi connectivity index (χ2v) is 5.07. The zero-order valence-electron chi connectivity index (χ0n) is 12.8. The molecule has 0 saturated carbocycles. The van der Waals surface area contributed by atoms with E-state index in [0.717, 1.165) is 17.5 Å². The number of hydrogen-bond acceptors (Lipinski definition) is 3. The maximum absolute atomic E-state index is 12.8. The Labute approximate surface area is 129 Å². The van der Waals surface area contributed by atoms with Crippen molar-refractivity contribution in [2.75, 3.05) is 6.61 Å². The highest BCUT2D eigenvalue weighted by Crippen LogP contribution is 2.31. The van der Waals surface area contributed by atoms with Crippen LogP contribution in [0.15, 0.2) is 57.7 Å². The van der Waals surface area contributed by atoms with E-state index in [0.29, 0.717) is 23.3 Å². The Balaban J connectivity index is 2.32. The van der Waals surface area contributed by atoms with E-state index in [1.807, 2.05) is 55.5 Å². The van der Waals surface area contributed by atoms with E-state index in [-0.39, 0.29) is 11.2 Å². The first-order valence-corrected chi connectivity index (χ1v) is 7.52. The van der Waals surface area contributed by atoms with Gasteiger partial charge in [0, 0.05) is 5.56 Å². The Bertz CT molecular complexity index is 848. The van der Waals surface area contributed by atoms with Crippen LogP contribution in [0.25, 0.3) is 22.3 Å². The third kappa shape index (κ3) is 2.50. The zero-order chi connectivity index (χ0) is 15.5. The lowest BCUT2D eigenvalue weighted by Crippen LogP contribution is -2.10. The quantitative estimate of drug-likeness (QED) is 0.715. The van der Waals surface area contributed by atoms with E-state index in [1.54, 1.807) is 0 Å². The summed E-state index contributed by atoms with van der Waals surface area (Å²) in [6, 6.07) is 15.3. The molecule has 0 aliphatic rings. The topological polar surface area (TPSA) is 39.4 Å². The maximum Gasteiger partial charge on any atom is 0.235 e. The first-order valence-electron chi connectivity index (χ1n) is 7.52. The lowest BCUT2D eigenvalue weighted by atomic mass is 10.1. The highest BCUT2D eigenvalue weighted by Gasteiger charge is 2.17. The van der Waals surface area contributed by atoms with E-state index in [9.17, 15) is 4.79 Å². The van der Waals surface area contributed by atoms with Crippen LogP contribution >= 0.6 is 0 Å². The monoisotopic (exact) mass is 294 g/mol. The van der Waals surface area contributed by atoms with Crippen molar-refractivity contribution < 1.29 is 9.15 Å². The maximum atomic E-state index is 12.8. The highest BCUT2D eigenvalue weighted by atomic mass is 16.5. The number of benzene rings is 2. The summed E-state index contributed by atoms with van der Waals surface area (Å²) < 4.78 is 11.6. The van der Waals surface area contributed by atoms with E-state index >= 15 is 0 Å². The van der Waals surface area contributed by atoms with Crippen LogP contribution in [0.3, 0.4) is 0 Å². The van der Waals surface area contributed by atoms with Crippen LogP contribution in [0.5, 0.6) is 5.75 Å². The predicted molar refractivity (Wildman–Crippen MR) is 88.5 cm³/mol. The highest BCUT2D eigenvalue weighted by molar-refractivity contribution is 5.82. The molecule has 1 heterocycles. The molecule has 112 valence electrons. The van der Waals surface area contributed by atoms with Gasteiger partial charge in [0.15, 0.2) is 5.76 Å². The summed E-state index contributed by atoms with van der Waals surface area (Å²) in [6.45, 7) is 4.34. The molecule has 3 nitrogen and oxygen atoms in total. The van der Waals surface area contributed by atoms with Crippen LogP contribution < -0.4 is 10.2 Å². The average molecular weight is 294 g/mol. The Kier molecular flexibility index (Phi) is 3.96. The number of ether oxygens (including phenoxy) is 1. The second kappa shape index (κ2) is 6.06. The summed E-state index contributed by atoms with van der Waals surface area (Å²) in [5.74, 6) is 0.777. The summed E-state index contributed by atoms with van der Waals surface area (Å²) >= 11 is 0. The molecule has 0 saturated heterocycles. The number of rotatable bonds is 4. The van der Waals surface area contributed by atoms with Gasteiger partial charge in [0.25, 0.3) is 0 Å². The van der Waals surface area contributed by atoms with Gasteiger partial charge >= 0.3 is 0 Å². The molecule has 2 aromatic carbocycles. The predicted octanol–water partition coefficient (Wildman–Crippen LogP) is 4.42. The normalized spacial score (nSPS) is 10.8. The van der Waals surface area contributed by atoms with E-state index in [1.165, 1.54) is 0 Å². The zero-order valence-corrected chi connectivity index (χ0v) is 12.8. The molecule has 0 aliphatic carbocycles. The van der Waals surface area contributed by atoms with Gasteiger partial charge in [-0.2, -0.15) is 0 Å². The molecule has 22 heavy (non-hydrogen) atoms. The lowest BCUT2D eigenvalue weighted by Gasteiger charge is -2.11. The van der Waals surface area contributed by atoms with Crippen molar-refractivity contribution in [1.82, 2.24) is 0 Å². The summed E-state index contributed by atoms with van der Waals surface area (Å²) in [4.78, 5) is 12.8. The molecule has 3 aromatic rings. The fraction of sp³-hybridized carbons (Fsp3) is 0.211.